The van der Waals surface area contributed by atoms with Crippen LogP contribution in [0.5, 0.6) is 0 Å². The summed E-state index contributed by atoms with van der Waals surface area (Å²) < 4.78 is 6.12. The number of hydrogen-bond acceptors (Lipinski definition) is 3. The van der Waals surface area contributed by atoms with Crippen LogP contribution in [-0.2, 0) is 16.0 Å². The van der Waals surface area contributed by atoms with Gasteiger partial charge in [0.1, 0.15) is 11.4 Å². The molecule has 3 rings (SSSR count). The average Bonchev–Trinajstić information content (AvgIpc) is 3.08. The monoisotopic (exact) mass is 314 g/mol. The number of nitrogens with one attached hydrogen (secondary N) is 1. The Bertz CT molecular complexity index is 583. The van der Waals surface area contributed by atoms with Gasteiger partial charge in [-0.1, -0.05) is 30.3 Å². The summed E-state index contributed by atoms with van der Waals surface area (Å²) >= 11 is 0. The molecule has 0 aliphatic carbocycles. The topological polar surface area (TPSA) is 41.6 Å². The van der Waals surface area contributed by atoms with Crippen LogP contribution in [0.3, 0.4) is 0 Å². The molecule has 0 saturated carbocycles. The lowest BCUT2D eigenvalue weighted by molar-refractivity contribution is -0.128. The molecule has 1 fully saturated rings. The zero-order valence-corrected chi connectivity index (χ0v) is 14.2. The highest BCUT2D eigenvalue weighted by Gasteiger charge is 2.40. The average molecular weight is 314 g/mol. The Morgan fingerprint density at radius 1 is 1.26 bits per heavy atom. The third-order valence-corrected chi connectivity index (χ3v) is 4.31. The quantitative estimate of drug-likeness (QED) is 0.928. The number of hydrogen-bond donors (Lipinski definition) is 1. The maximum Gasteiger partial charge on any atom is 0.250 e. The lowest BCUT2D eigenvalue weighted by Crippen LogP contribution is -2.46. The van der Waals surface area contributed by atoms with Crippen LogP contribution in [0.4, 0.5) is 0 Å². The predicted molar refractivity (Wildman–Crippen MR) is 91.0 cm³/mol. The molecule has 1 amide bonds. The lowest BCUT2D eigenvalue weighted by Gasteiger charge is -2.34. The van der Waals surface area contributed by atoms with E-state index in [9.17, 15) is 4.79 Å². The second kappa shape index (κ2) is 6.36. The van der Waals surface area contributed by atoms with Gasteiger partial charge in [-0.15, -0.1) is 0 Å². The number of rotatable bonds is 4. The van der Waals surface area contributed by atoms with Gasteiger partial charge in [0.25, 0.3) is 5.91 Å². The summed E-state index contributed by atoms with van der Waals surface area (Å²) in [5.41, 5.74) is 0.928. The van der Waals surface area contributed by atoms with Gasteiger partial charge in [0.2, 0.25) is 0 Å². The highest BCUT2D eigenvalue weighted by Crippen LogP contribution is 2.31. The van der Waals surface area contributed by atoms with Crippen LogP contribution < -0.4 is 5.32 Å². The number of carbonyl (C=O) groups excluding carboxylic acids is 1. The van der Waals surface area contributed by atoms with Crippen molar-refractivity contribution in [3.8, 4) is 0 Å². The van der Waals surface area contributed by atoms with Crippen molar-refractivity contribution in [3.05, 3.63) is 47.7 Å². The van der Waals surface area contributed by atoms with E-state index in [4.69, 9.17) is 4.74 Å². The molecule has 1 aromatic rings. The Morgan fingerprint density at radius 2 is 2.00 bits per heavy atom. The van der Waals surface area contributed by atoms with Crippen LogP contribution in [0.25, 0.3) is 0 Å². The summed E-state index contributed by atoms with van der Waals surface area (Å²) in [6, 6.07) is 10.6. The smallest absolute Gasteiger partial charge is 0.250 e. The summed E-state index contributed by atoms with van der Waals surface area (Å²) in [5.74, 6) is 0.886. The van der Waals surface area contributed by atoms with Crippen LogP contribution in [0.15, 0.2) is 42.2 Å². The lowest BCUT2D eigenvalue weighted by atomic mass is 10.0. The van der Waals surface area contributed by atoms with Crippen LogP contribution in [0, 0.1) is 0 Å². The van der Waals surface area contributed by atoms with Gasteiger partial charge in [0.05, 0.1) is 6.04 Å². The zero-order valence-electron chi connectivity index (χ0n) is 14.2. The predicted octanol–water partition coefficient (Wildman–Crippen LogP) is 2.50. The Morgan fingerprint density at radius 3 is 2.61 bits per heavy atom. The van der Waals surface area contributed by atoms with E-state index in [1.54, 1.807) is 6.08 Å². The summed E-state index contributed by atoms with van der Waals surface area (Å²) in [4.78, 5) is 14.6. The standard InChI is InChI=1S/C19H26N2O2/c1-19(2,3)23-17-12-18(22)21(15-9-10-20-13-15)16(17)11-14-7-5-4-6-8-14/h4-8,12,15-16,20H,9-11,13H2,1-3H3/t15-,16-/m0/s1. The Balaban J connectivity index is 1.85. The van der Waals surface area contributed by atoms with E-state index >= 15 is 0 Å². The van der Waals surface area contributed by atoms with Gasteiger partial charge < -0.3 is 15.0 Å². The summed E-state index contributed by atoms with van der Waals surface area (Å²) in [6.45, 7) is 7.92. The van der Waals surface area contributed by atoms with Gasteiger partial charge in [0.15, 0.2) is 0 Å². The van der Waals surface area contributed by atoms with E-state index in [2.05, 4.69) is 17.4 Å². The second-order valence-corrected chi connectivity index (χ2v) is 7.36. The molecule has 4 nitrogen and oxygen atoms in total. The maximum atomic E-state index is 12.6. The molecular formula is C19H26N2O2. The normalized spacial score (nSPS) is 24.9. The molecule has 2 aliphatic heterocycles. The molecule has 1 N–H and O–H groups in total. The number of ether oxygens (including phenoxy) is 1. The van der Waals surface area contributed by atoms with E-state index < -0.39 is 0 Å². The molecule has 4 heteroatoms. The SMILES string of the molecule is CC(C)(C)OC1=CC(=O)N([C@H]2CCNC2)[C@H]1Cc1ccccc1. The maximum absolute atomic E-state index is 12.6. The van der Waals surface area contributed by atoms with Crippen LogP contribution in [-0.4, -0.2) is 41.6 Å². The molecule has 0 aromatic heterocycles. The van der Waals surface area contributed by atoms with Crippen molar-refractivity contribution in [1.82, 2.24) is 10.2 Å². The van der Waals surface area contributed by atoms with E-state index in [1.807, 2.05) is 43.9 Å². The molecule has 1 aromatic carbocycles. The number of benzene rings is 1. The first-order valence-corrected chi connectivity index (χ1v) is 8.41. The molecule has 0 unspecified atom stereocenters. The highest BCUT2D eigenvalue weighted by atomic mass is 16.5. The second-order valence-electron chi connectivity index (χ2n) is 7.36. The van der Waals surface area contributed by atoms with Crippen molar-refractivity contribution in [3.63, 3.8) is 0 Å². The first-order chi connectivity index (χ1) is 10.9. The molecule has 2 heterocycles. The molecule has 2 aliphatic rings. The van der Waals surface area contributed by atoms with Crippen molar-refractivity contribution in [1.29, 1.82) is 0 Å². The van der Waals surface area contributed by atoms with Crippen molar-refractivity contribution in [2.75, 3.05) is 13.1 Å². The van der Waals surface area contributed by atoms with E-state index in [1.165, 1.54) is 5.56 Å². The van der Waals surface area contributed by atoms with Gasteiger partial charge in [-0.3, -0.25) is 4.79 Å². The van der Waals surface area contributed by atoms with Crippen molar-refractivity contribution >= 4 is 5.91 Å². The molecule has 0 bridgehead atoms. The largest absolute Gasteiger partial charge is 0.490 e. The van der Waals surface area contributed by atoms with Gasteiger partial charge in [0, 0.05) is 25.1 Å². The molecule has 0 radical (unpaired) electrons. The number of nitrogens with zero attached hydrogens (tertiary/aromatic N) is 1. The molecule has 1 saturated heterocycles. The Labute approximate surface area is 138 Å². The van der Waals surface area contributed by atoms with Crippen LogP contribution in [0.2, 0.25) is 0 Å². The minimum atomic E-state index is -0.301. The molecule has 2 atom stereocenters. The van der Waals surface area contributed by atoms with Gasteiger partial charge in [-0.05, 0) is 39.3 Å². The number of carbonyl (C=O) groups is 1. The molecule has 124 valence electrons. The third kappa shape index (κ3) is 3.75. The third-order valence-electron chi connectivity index (χ3n) is 4.31. The molecular weight excluding hydrogens is 288 g/mol. The zero-order chi connectivity index (χ0) is 16.4. The fraction of sp³-hybridized carbons (Fsp3) is 0.526. The minimum Gasteiger partial charge on any atom is -0.490 e. The van der Waals surface area contributed by atoms with Gasteiger partial charge >= 0.3 is 0 Å². The van der Waals surface area contributed by atoms with E-state index in [0.717, 1.165) is 31.7 Å². The van der Waals surface area contributed by atoms with Crippen molar-refractivity contribution in [2.24, 2.45) is 0 Å². The Kier molecular flexibility index (Phi) is 4.44. The molecule has 23 heavy (non-hydrogen) atoms. The summed E-state index contributed by atoms with van der Waals surface area (Å²) in [6.07, 6.45) is 3.50. The Hall–Kier alpha value is -1.81. The fourth-order valence-corrected chi connectivity index (χ4v) is 3.38. The van der Waals surface area contributed by atoms with E-state index in [0.29, 0.717) is 0 Å². The van der Waals surface area contributed by atoms with Crippen LogP contribution in [0.1, 0.15) is 32.8 Å². The highest BCUT2D eigenvalue weighted by molar-refractivity contribution is 5.92. The minimum absolute atomic E-state index is 0.00553. The number of amides is 1. The van der Waals surface area contributed by atoms with Crippen molar-refractivity contribution < 1.29 is 9.53 Å². The van der Waals surface area contributed by atoms with Gasteiger partial charge in [-0.2, -0.15) is 0 Å². The van der Waals surface area contributed by atoms with Gasteiger partial charge in [-0.25, -0.2) is 0 Å². The van der Waals surface area contributed by atoms with Crippen molar-refractivity contribution in [2.45, 2.75) is 51.3 Å². The fourth-order valence-electron chi connectivity index (χ4n) is 3.38. The van der Waals surface area contributed by atoms with Crippen LogP contribution >= 0.6 is 0 Å². The van der Waals surface area contributed by atoms with E-state index in [-0.39, 0.29) is 23.6 Å². The first-order valence-electron chi connectivity index (χ1n) is 8.41. The molecule has 0 spiro atoms. The first kappa shape index (κ1) is 16.1. The summed E-state index contributed by atoms with van der Waals surface area (Å²) in [5, 5.41) is 3.36. The summed E-state index contributed by atoms with van der Waals surface area (Å²) in [7, 11) is 0.